The van der Waals surface area contributed by atoms with E-state index in [0.29, 0.717) is 0 Å². The minimum atomic E-state index is 0.0549. The summed E-state index contributed by atoms with van der Waals surface area (Å²) in [6, 6.07) is 0. The lowest BCUT2D eigenvalue weighted by atomic mass is 9.91. The molecule has 0 atom stereocenters. The summed E-state index contributed by atoms with van der Waals surface area (Å²) in [4.78, 5) is 6.89. The van der Waals surface area contributed by atoms with Gasteiger partial charge in [0.2, 0.25) is 0 Å². The van der Waals surface area contributed by atoms with Crippen LogP contribution in [0.2, 0.25) is 0 Å². The molecule has 2 heteroatoms. The van der Waals surface area contributed by atoms with Gasteiger partial charge in [0, 0.05) is 23.4 Å². The Hall–Kier alpha value is -1.05. The van der Waals surface area contributed by atoms with Crippen molar-refractivity contribution < 1.29 is 0 Å². The third kappa shape index (κ3) is 3.22. The van der Waals surface area contributed by atoms with E-state index in [9.17, 15) is 0 Å². The van der Waals surface area contributed by atoms with E-state index < -0.39 is 0 Å². The van der Waals surface area contributed by atoms with Gasteiger partial charge in [-0.3, -0.25) is 0 Å². The van der Waals surface area contributed by atoms with Gasteiger partial charge in [-0.1, -0.05) is 32.9 Å². The van der Waals surface area contributed by atoms with Gasteiger partial charge in [-0.2, -0.15) is 0 Å². The summed E-state index contributed by atoms with van der Waals surface area (Å²) in [5.41, 5.74) is 0.118. The average molecular weight is 220 g/mol. The standard InChI is InChI=1S/C14H24N2/c1-13(2,3)12-15-10-8-7-9-11-16(12)14(4,5)6/h8-11H,7H2,1-6H3/b10-8-,11-9-,15-12-. The van der Waals surface area contributed by atoms with Crippen LogP contribution >= 0.6 is 0 Å². The average Bonchev–Trinajstić information content (AvgIpc) is 1.96. The van der Waals surface area contributed by atoms with E-state index in [1.165, 1.54) is 0 Å². The SMILES string of the molecule is CC(C)(C)/C1=N/C=C\C/C=C\N1C(C)(C)C. The molecule has 0 saturated carbocycles. The van der Waals surface area contributed by atoms with Gasteiger partial charge in [0.05, 0.1) is 0 Å². The summed E-state index contributed by atoms with van der Waals surface area (Å²) in [6.07, 6.45) is 9.30. The monoisotopic (exact) mass is 220 g/mol. The third-order valence-corrected chi connectivity index (χ3v) is 2.45. The van der Waals surface area contributed by atoms with E-state index in [2.05, 4.69) is 69.8 Å². The molecule has 0 aromatic carbocycles. The van der Waals surface area contributed by atoms with Gasteiger partial charge in [-0.25, -0.2) is 4.99 Å². The number of hydrogen-bond acceptors (Lipinski definition) is 2. The summed E-state index contributed by atoms with van der Waals surface area (Å²) in [7, 11) is 0. The van der Waals surface area contributed by atoms with Crippen molar-refractivity contribution in [2.24, 2.45) is 10.4 Å². The Morgan fingerprint density at radius 3 is 2.19 bits per heavy atom. The highest BCUT2D eigenvalue weighted by atomic mass is 15.2. The molecule has 0 fully saturated rings. The largest absolute Gasteiger partial charge is 0.331 e. The first kappa shape index (κ1) is 13.0. The Morgan fingerprint density at radius 1 is 1.06 bits per heavy atom. The molecule has 0 spiro atoms. The normalized spacial score (nSPS) is 25.4. The lowest BCUT2D eigenvalue weighted by Gasteiger charge is -2.40. The Kier molecular flexibility index (Phi) is 3.61. The van der Waals surface area contributed by atoms with Gasteiger partial charge in [0.25, 0.3) is 0 Å². The molecular weight excluding hydrogens is 196 g/mol. The number of aliphatic imine (C=N–C) groups is 1. The van der Waals surface area contributed by atoms with Crippen LogP contribution in [-0.4, -0.2) is 16.3 Å². The van der Waals surface area contributed by atoms with Crippen molar-refractivity contribution in [1.29, 1.82) is 0 Å². The van der Waals surface area contributed by atoms with Crippen molar-refractivity contribution in [3.05, 3.63) is 24.6 Å². The zero-order valence-corrected chi connectivity index (χ0v) is 11.4. The summed E-state index contributed by atoms with van der Waals surface area (Å²) in [6.45, 7) is 13.2. The van der Waals surface area contributed by atoms with Crippen molar-refractivity contribution >= 4 is 5.84 Å². The summed E-state index contributed by atoms with van der Waals surface area (Å²) >= 11 is 0. The lowest BCUT2D eigenvalue weighted by Crippen LogP contribution is -2.47. The van der Waals surface area contributed by atoms with Gasteiger partial charge in [0.15, 0.2) is 0 Å². The molecule has 1 aliphatic rings. The number of rotatable bonds is 0. The molecule has 1 rings (SSSR count). The molecule has 0 aliphatic carbocycles. The second-order valence-electron chi connectivity index (χ2n) is 6.25. The van der Waals surface area contributed by atoms with Crippen molar-refractivity contribution in [2.75, 3.05) is 0 Å². The quantitative estimate of drug-likeness (QED) is 0.603. The van der Waals surface area contributed by atoms with Gasteiger partial charge >= 0.3 is 0 Å². The van der Waals surface area contributed by atoms with Gasteiger partial charge < -0.3 is 4.90 Å². The highest BCUT2D eigenvalue weighted by molar-refractivity contribution is 5.89. The molecule has 2 nitrogen and oxygen atoms in total. The summed E-state index contributed by atoms with van der Waals surface area (Å²) in [5.74, 6) is 1.12. The Morgan fingerprint density at radius 2 is 1.69 bits per heavy atom. The van der Waals surface area contributed by atoms with Crippen molar-refractivity contribution in [3.63, 3.8) is 0 Å². The fraction of sp³-hybridized carbons (Fsp3) is 0.643. The zero-order valence-electron chi connectivity index (χ0n) is 11.4. The number of allylic oxidation sites excluding steroid dienone is 2. The molecule has 0 N–H and O–H groups in total. The van der Waals surface area contributed by atoms with Crippen LogP contribution < -0.4 is 0 Å². The van der Waals surface area contributed by atoms with Crippen LogP contribution in [0.5, 0.6) is 0 Å². The highest BCUT2D eigenvalue weighted by Crippen LogP contribution is 2.26. The van der Waals surface area contributed by atoms with Crippen LogP contribution in [-0.2, 0) is 0 Å². The van der Waals surface area contributed by atoms with Crippen molar-refractivity contribution in [3.8, 4) is 0 Å². The van der Waals surface area contributed by atoms with Crippen LogP contribution in [0.15, 0.2) is 29.5 Å². The first-order chi connectivity index (χ1) is 7.23. The minimum Gasteiger partial charge on any atom is -0.331 e. The van der Waals surface area contributed by atoms with Gasteiger partial charge in [-0.05, 0) is 27.2 Å². The smallest absolute Gasteiger partial charge is 0.114 e. The molecule has 0 saturated heterocycles. The maximum absolute atomic E-state index is 4.61. The number of amidine groups is 1. The molecule has 1 aliphatic heterocycles. The van der Waals surface area contributed by atoms with E-state index in [0.717, 1.165) is 12.3 Å². The minimum absolute atomic E-state index is 0.0549. The van der Waals surface area contributed by atoms with E-state index in [1.54, 1.807) is 0 Å². The molecule has 0 unspecified atom stereocenters. The van der Waals surface area contributed by atoms with E-state index in [1.807, 2.05) is 6.20 Å². The molecule has 0 aromatic heterocycles. The first-order valence-electron chi connectivity index (χ1n) is 5.92. The number of hydrogen-bond donors (Lipinski definition) is 0. The van der Waals surface area contributed by atoms with Crippen LogP contribution in [0.4, 0.5) is 0 Å². The predicted molar refractivity (Wildman–Crippen MR) is 71.4 cm³/mol. The molecule has 16 heavy (non-hydrogen) atoms. The van der Waals surface area contributed by atoms with Crippen molar-refractivity contribution in [1.82, 2.24) is 4.90 Å². The summed E-state index contributed by atoms with van der Waals surface area (Å²) in [5, 5.41) is 0. The van der Waals surface area contributed by atoms with Crippen LogP contribution in [0, 0.1) is 5.41 Å². The van der Waals surface area contributed by atoms with Gasteiger partial charge in [0.1, 0.15) is 5.84 Å². The fourth-order valence-corrected chi connectivity index (χ4v) is 1.66. The zero-order chi connectivity index (χ0) is 12.4. The van der Waals surface area contributed by atoms with E-state index in [-0.39, 0.29) is 11.0 Å². The Labute approximate surface area is 99.8 Å². The summed E-state index contributed by atoms with van der Waals surface area (Å²) < 4.78 is 0. The Bertz CT molecular complexity index is 322. The second kappa shape index (κ2) is 4.44. The fourth-order valence-electron chi connectivity index (χ4n) is 1.66. The maximum atomic E-state index is 4.61. The molecule has 90 valence electrons. The first-order valence-corrected chi connectivity index (χ1v) is 5.92. The van der Waals surface area contributed by atoms with E-state index >= 15 is 0 Å². The maximum Gasteiger partial charge on any atom is 0.114 e. The third-order valence-electron chi connectivity index (χ3n) is 2.45. The van der Waals surface area contributed by atoms with Crippen LogP contribution in [0.25, 0.3) is 0 Å². The Balaban J connectivity index is 3.19. The van der Waals surface area contributed by atoms with Crippen LogP contribution in [0.3, 0.4) is 0 Å². The molecule has 0 amide bonds. The molecule has 0 bridgehead atoms. The second-order valence-corrected chi connectivity index (χ2v) is 6.25. The van der Waals surface area contributed by atoms with Crippen LogP contribution in [0.1, 0.15) is 48.0 Å². The van der Waals surface area contributed by atoms with E-state index in [4.69, 9.17) is 0 Å². The molecule has 1 heterocycles. The topological polar surface area (TPSA) is 15.6 Å². The van der Waals surface area contributed by atoms with Crippen molar-refractivity contribution in [2.45, 2.75) is 53.5 Å². The molecule has 0 aromatic rings. The molecule has 0 radical (unpaired) electrons. The highest BCUT2D eigenvalue weighted by Gasteiger charge is 2.30. The lowest BCUT2D eigenvalue weighted by molar-refractivity contribution is 0.285. The predicted octanol–water partition coefficient (Wildman–Crippen LogP) is 3.96. The number of nitrogens with zero attached hydrogens (tertiary/aromatic N) is 2. The van der Waals surface area contributed by atoms with Gasteiger partial charge in [-0.15, -0.1) is 0 Å². The molecular formula is C14H24N2.